The minimum Gasteiger partial charge on any atom is -0.493 e. The first-order chi connectivity index (χ1) is 19.1. The zero-order chi connectivity index (χ0) is 31.3. The Labute approximate surface area is 245 Å². The quantitative estimate of drug-likeness (QED) is 0.148. The van der Waals surface area contributed by atoms with Crippen molar-refractivity contribution in [3.8, 4) is 11.5 Å². The van der Waals surface area contributed by atoms with E-state index < -0.39 is 41.6 Å². The van der Waals surface area contributed by atoms with Crippen molar-refractivity contribution in [2.45, 2.75) is 85.5 Å². The van der Waals surface area contributed by atoms with Crippen LogP contribution in [0.1, 0.15) is 78.1 Å². The normalized spacial score (nSPS) is 14.7. The minimum absolute atomic E-state index is 0.0474. The number of aliphatic hydroxyl groups is 1. The van der Waals surface area contributed by atoms with Gasteiger partial charge in [-0.2, -0.15) is 0 Å². The van der Waals surface area contributed by atoms with E-state index in [9.17, 15) is 19.5 Å². The zero-order valence-corrected chi connectivity index (χ0v) is 26.4. The standard InChI is InChI=1S/C31H51NO9/c1-19(2)22(28(34)21-12-13-26(38-9)27(16-21)40-15-11-14-37-8)17-24(32-30(36)41-31(5,6)7)25(33)18-23(20(3)4)29(35)39-10/h12-13,16,19-20,22-25,33H,11,14-15,17-18H2,1-10H3,(H,32,36)/t22-,23-,24-,25-/m0/s1. The first-order valence-corrected chi connectivity index (χ1v) is 14.2. The van der Waals surface area contributed by atoms with Gasteiger partial charge < -0.3 is 34.1 Å². The van der Waals surface area contributed by atoms with E-state index >= 15 is 0 Å². The number of Topliss-reactive ketones (excluding diaryl/α,β-unsaturated/α-hetero) is 1. The molecule has 0 heterocycles. The fourth-order valence-corrected chi connectivity index (χ4v) is 4.49. The van der Waals surface area contributed by atoms with Crippen molar-refractivity contribution in [3.63, 3.8) is 0 Å². The van der Waals surface area contributed by atoms with Crippen molar-refractivity contribution in [3.05, 3.63) is 23.8 Å². The maximum atomic E-state index is 13.9. The molecule has 0 fully saturated rings. The van der Waals surface area contributed by atoms with Gasteiger partial charge in [-0.15, -0.1) is 0 Å². The van der Waals surface area contributed by atoms with Crippen LogP contribution in [0.2, 0.25) is 0 Å². The van der Waals surface area contributed by atoms with Crippen LogP contribution in [0.25, 0.3) is 0 Å². The van der Waals surface area contributed by atoms with Crippen molar-refractivity contribution in [2.24, 2.45) is 23.7 Å². The molecule has 2 N–H and O–H groups in total. The lowest BCUT2D eigenvalue weighted by Crippen LogP contribution is -2.48. The Morgan fingerprint density at radius 1 is 0.902 bits per heavy atom. The number of nitrogens with one attached hydrogen (secondary N) is 1. The molecule has 0 aliphatic carbocycles. The highest BCUT2D eigenvalue weighted by atomic mass is 16.6. The number of ether oxygens (including phenoxy) is 5. The summed E-state index contributed by atoms with van der Waals surface area (Å²) < 4.78 is 26.7. The summed E-state index contributed by atoms with van der Waals surface area (Å²) in [4.78, 5) is 39.0. The number of carbonyl (C=O) groups excluding carboxylic acids is 3. The van der Waals surface area contributed by atoms with Gasteiger partial charge in [-0.05, 0) is 63.6 Å². The molecule has 10 nitrogen and oxygen atoms in total. The third-order valence-corrected chi connectivity index (χ3v) is 6.82. The van der Waals surface area contributed by atoms with Gasteiger partial charge in [0.2, 0.25) is 0 Å². The average Bonchev–Trinajstić information content (AvgIpc) is 2.89. The average molecular weight is 582 g/mol. The SMILES string of the molecule is COCCCOc1cc(C(=O)[C@@H](C[C@H](NC(=O)OC(C)(C)C)[C@@H](O)C[C@H](C(=O)OC)C(C)C)C(C)C)ccc1OC. The number of amides is 1. The molecule has 0 radical (unpaired) electrons. The van der Waals surface area contributed by atoms with Crippen molar-refractivity contribution in [1.29, 1.82) is 0 Å². The predicted octanol–water partition coefficient (Wildman–Crippen LogP) is 5.05. The van der Waals surface area contributed by atoms with Crippen LogP contribution >= 0.6 is 0 Å². The van der Waals surface area contributed by atoms with Crippen LogP contribution in [0.5, 0.6) is 11.5 Å². The molecule has 1 aromatic rings. The molecule has 4 atom stereocenters. The van der Waals surface area contributed by atoms with Crippen molar-refractivity contribution in [2.75, 3.05) is 34.5 Å². The van der Waals surface area contributed by atoms with E-state index in [0.717, 1.165) is 0 Å². The van der Waals surface area contributed by atoms with Crippen molar-refractivity contribution in [1.82, 2.24) is 5.32 Å². The Balaban J connectivity index is 3.33. The molecule has 1 amide bonds. The van der Waals surface area contributed by atoms with E-state index in [1.165, 1.54) is 14.2 Å². The van der Waals surface area contributed by atoms with Crippen LogP contribution in [-0.4, -0.2) is 75.2 Å². The molecule has 10 heteroatoms. The fraction of sp³-hybridized carbons (Fsp3) is 0.710. The minimum atomic E-state index is -1.14. The van der Waals surface area contributed by atoms with E-state index in [1.807, 2.05) is 27.7 Å². The van der Waals surface area contributed by atoms with E-state index in [0.29, 0.717) is 36.7 Å². The third kappa shape index (κ3) is 12.3. The fourth-order valence-electron chi connectivity index (χ4n) is 4.49. The lowest BCUT2D eigenvalue weighted by Gasteiger charge is -2.32. The van der Waals surface area contributed by atoms with Gasteiger partial charge in [0.05, 0.1) is 38.9 Å². The lowest BCUT2D eigenvalue weighted by atomic mass is 9.80. The first kappa shape index (κ1) is 36.2. The molecule has 0 bridgehead atoms. The van der Waals surface area contributed by atoms with E-state index in [1.54, 1.807) is 46.1 Å². The number of alkyl carbamates (subject to hydrolysis) is 1. The smallest absolute Gasteiger partial charge is 0.407 e. The third-order valence-electron chi connectivity index (χ3n) is 6.82. The van der Waals surface area contributed by atoms with Gasteiger partial charge in [-0.1, -0.05) is 27.7 Å². The highest BCUT2D eigenvalue weighted by Gasteiger charge is 2.35. The number of esters is 1. The van der Waals surface area contributed by atoms with Crippen molar-refractivity contribution < 1.29 is 43.2 Å². The maximum Gasteiger partial charge on any atom is 0.407 e. The monoisotopic (exact) mass is 581 g/mol. The molecule has 1 aromatic carbocycles. The summed E-state index contributed by atoms with van der Waals surface area (Å²) in [7, 11) is 4.45. The molecule has 234 valence electrons. The molecule has 0 aromatic heterocycles. The Bertz CT molecular complexity index is 971. The van der Waals surface area contributed by atoms with E-state index in [4.69, 9.17) is 23.7 Å². The lowest BCUT2D eigenvalue weighted by molar-refractivity contribution is -0.148. The summed E-state index contributed by atoms with van der Waals surface area (Å²) in [6.45, 7) is 13.7. The van der Waals surface area contributed by atoms with Crippen LogP contribution < -0.4 is 14.8 Å². The van der Waals surface area contributed by atoms with Crippen molar-refractivity contribution >= 4 is 17.8 Å². The van der Waals surface area contributed by atoms with Crippen LogP contribution in [0.3, 0.4) is 0 Å². The molecule has 0 unspecified atom stereocenters. The summed E-state index contributed by atoms with van der Waals surface area (Å²) in [5, 5.41) is 14.1. The van der Waals surface area contributed by atoms with Gasteiger partial charge >= 0.3 is 12.1 Å². The maximum absolute atomic E-state index is 13.9. The number of hydrogen-bond acceptors (Lipinski definition) is 9. The zero-order valence-electron chi connectivity index (χ0n) is 26.4. The Morgan fingerprint density at radius 3 is 2.05 bits per heavy atom. The molecule has 0 aliphatic rings. The molecule has 1 rings (SSSR count). The van der Waals surface area contributed by atoms with Gasteiger partial charge in [0, 0.05) is 31.6 Å². The molecule has 0 saturated carbocycles. The summed E-state index contributed by atoms with van der Waals surface area (Å²) in [6.07, 6.45) is -1.01. The van der Waals surface area contributed by atoms with Gasteiger partial charge in [-0.3, -0.25) is 9.59 Å². The first-order valence-electron chi connectivity index (χ1n) is 14.2. The predicted molar refractivity (Wildman–Crippen MR) is 156 cm³/mol. The summed E-state index contributed by atoms with van der Waals surface area (Å²) in [6, 6.07) is 4.15. The molecular formula is C31H51NO9. The highest BCUT2D eigenvalue weighted by Crippen LogP contribution is 2.32. The summed E-state index contributed by atoms with van der Waals surface area (Å²) in [5.41, 5.74) is -0.339. The number of hydrogen-bond donors (Lipinski definition) is 2. The van der Waals surface area contributed by atoms with Crippen LogP contribution in [0.4, 0.5) is 4.79 Å². The highest BCUT2D eigenvalue weighted by molar-refractivity contribution is 5.98. The van der Waals surface area contributed by atoms with Gasteiger partial charge in [0.25, 0.3) is 0 Å². The van der Waals surface area contributed by atoms with Gasteiger partial charge in [-0.25, -0.2) is 4.79 Å². The Kier molecular flexibility index (Phi) is 15.2. The summed E-state index contributed by atoms with van der Waals surface area (Å²) >= 11 is 0. The number of aliphatic hydroxyl groups excluding tert-OH is 1. The Hall–Kier alpha value is -2.85. The molecule has 0 aliphatic heterocycles. The molecule has 41 heavy (non-hydrogen) atoms. The topological polar surface area (TPSA) is 130 Å². The second kappa shape index (κ2) is 17.2. The van der Waals surface area contributed by atoms with Gasteiger partial charge in [0.15, 0.2) is 17.3 Å². The van der Waals surface area contributed by atoms with E-state index in [-0.39, 0.29) is 30.5 Å². The molecular weight excluding hydrogens is 530 g/mol. The number of methoxy groups -OCH3 is 3. The van der Waals surface area contributed by atoms with E-state index in [2.05, 4.69) is 5.32 Å². The summed E-state index contributed by atoms with van der Waals surface area (Å²) in [5.74, 6) is -1.07. The second-order valence-corrected chi connectivity index (χ2v) is 11.9. The molecule has 0 saturated heterocycles. The number of carbonyl (C=O) groups is 3. The number of rotatable bonds is 17. The van der Waals surface area contributed by atoms with Gasteiger partial charge in [0.1, 0.15) is 5.60 Å². The van der Waals surface area contributed by atoms with Crippen LogP contribution in [-0.2, 0) is 19.0 Å². The second-order valence-electron chi connectivity index (χ2n) is 11.9. The number of benzene rings is 1. The Morgan fingerprint density at radius 2 is 1.54 bits per heavy atom. The van der Waals surface area contributed by atoms with Crippen LogP contribution in [0, 0.1) is 23.7 Å². The van der Waals surface area contributed by atoms with Crippen LogP contribution in [0.15, 0.2) is 18.2 Å². The number of ketones is 1. The molecule has 0 spiro atoms. The largest absolute Gasteiger partial charge is 0.493 e.